The SMILES string of the molecule is Cc1cccc(-c2nnc(SCC(=O)Nc3ccc(Cl)c(Br)c3)n2C)c1. The van der Waals surface area contributed by atoms with Gasteiger partial charge >= 0.3 is 0 Å². The van der Waals surface area contributed by atoms with Gasteiger partial charge in [0.1, 0.15) is 0 Å². The van der Waals surface area contributed by atoms with Crippen LogP contribution in [0.25, 0.3) is 11.4 Å². The number of rotatable bonds is 5. The minimum atomic E-state index is -0.121. The zero-order valence-corrected chi connectivity index (χ0v) is 17.3. The van der Waals surface area contributed by atoms with Crippen LogP contribution < -0.4 is 5.32 Å². The van der Waals surface area contributed by atoms with Gasteiger partial charge in [0.25, 0.3) is 0 Å². The Morgan fingerprint density at radius 2 is 2.08 bits per heavy atom. The second-order valence-electron chi connectivity index (χ2n) is 5.70. The lowest BCUT2D eigenvalue weighted by molar-refractivity contribution is -0.113. The fraction of sp³-hybridized carbons (Fsp3) is 0.167. The van der Waals surface area contributed by atoms with E-state index in [2.05, 4.69) is 37.5 Å². The molecule has 0 saturated heterocycles. The number of hydrogen-bond donors (Lipinski definition) is 1. The van der Waals surface area contributed by atoms with E-state index in [0.717, 1.165) is 21.4 Å². The number of benzene rings is 2. The molecule has 3 rings (SSSR count). The summed E-state index contributed by atoms with van der Waals surface area (Å²) in [7, 11) is 1.90. The van der Waals surface area contributed by atoms with Crippen molar-refractivity contribution in [2.75, 3.05) is 11.1 Å². The van der Waals surface area contributed by atoms with Crippen LogP contribution in [0.3, 0.4) is 0 Å². The van der Waals surface area contributed by atoms with E-state index in [9.17, 15) is 4.79 Å². The summed E-state index contributed by atoms with van der Waals surface area (Å²) in [6.07, 6.45) is 0. The minimum absolute atomic E-state index is 0.121. The maximum atomic E-state index is 12.2. The van der Waals surface area contributed by atoms with Crippen LogP contribution in [0.15, 0.2) is 52.1 Å². The fourth-order valence-electron chi connectivity index (χ4n) is 2.38. The number of hydrogen-bond acceptors (Lipinski definition) is 4. The molecular weight excluding hydrogens is 436 g/mol. The van der Waals surface area contributed by atoms with Crippen LogP contribution in [-0.2, 0) is 11.8 Å². The molecule has 2 aromatic carbocycles. The second-order valence-corrected chi connectivity index (χ2v) is 7.90. The van der Waals surface area contributed by atoms with Gasteiger partial charge in [0.15, 0.2) is 11.0 Å². The highest BCUT2D eigenvalue weighted by molar-refractivity contribution is 9.10. The van der Waals surface area contributed by atoms with Gasteiger partial charge in [0.05, 0.1) is 10.8 Å². The highest BCUT2D eigenvalue weighted by Gasteiger charge is 2.13. The molecule has 0 aliphatic rings. The molecular formula is C18H16BrClN4OS. The number of carbonyl (C=O) groups is 1. The normalized spacial score (nSPS) is 10.8. The van der Waals surface area contributed by atoms with Crippen LogP contribution in [0.4, 0.5) is 5.69 Å². The van der Waals surface area contributed by atoms with E-state index in [1.165, 1.54) is 11.8 Å². The van der Waals surface area contributed by atoms with Gasteiger partial charge in [-0.25, -0.2) is 0 Å². The van der Waals surface area contributed by atoms with E-state index in [4.69, 9.17) is 11.6 Å². The third-order valence-electron chi connectivity index (χ3n) is 3.65. The molecule has 134 valence electrons. The number of carbonyl (C=O) groups excluding carboxylic acids is 1. The molecule has 0 aliphatic carbocycles. The van der Waals surface area contributed by atoms with Crippen molar-refractivity contribution in [1.82, 2.24) is 14.8 Å². The Balaban J connectivity index is 1.64. The summed E-state index contributed by atoms with van der Waals surface area (Å²) in [4.78, 5) is 12.2. The molecule has 0 spiro atoms. The van der Waals surface area contributed by atoms with E-state index in [0.29, 0.717) is 15.9 Å². The van der Waals surface area contributed by atoms with Crippen molar-refractivity contribution in [3.8, 4) is 11.4 Å². The monoisotopic (exact) mass is 450 g/mol. The predicted molar refractivity (Wildman–Crippen MR) is 110 cm³/mol. The van der Waals surface area contributed by atoms with Gasteiger partial charge in [0.2, 0.25) is 5.91 Å². The summed E-state index contributed by atoms with van der Waals surface area (Å²) in [5.41, 5.74) is 2.85. The molecule has 8 heteroatoms. The zero-order valence-electron chi connectivity index (χ0n) is 14.2. The zero-order chi connectivity index (χ0) is 18.7. The molecule has 1 aromatic heterocycles. The molecule has 0 bridgehead atoms. The van der Waals surface area contributed by atoms with Crippen LogP contribution >= 0.6 is 39.3 Å². The van der Waals surface area contributed by atoms with Crippen molar-refractivity contribution in [2.45, 2.75) is 12.1 Å². The Morgan fingerprint density at radius 3 is 2.81 bits per heavy atom. The summed E-state index contributed by atoms with van der Waals surface area (Å²) in [6, 6.07) is 13.3. The van der Waals surface area contributed by atoms with Gasteiger partial charge in [-0.2, -0.15) is 0 Å². The lowest BCUT2D eigenvalue weighted by Gasteiger charge is -2.07. The quantitative estimate of drug-likeness (QED) is 0.558. The van der Waals surface area contributed by atoms with E-state index in [1.54, 1.807) is 18.2 Å². The molecule has 1 N–H and O–H groups in total. The molecule has 0 aliphatic heterocycles. The largest absolute Gasteiger partial charge is 0.325 e. The third-order valence-corrected chi connectivity index (χ3v) is 5.88. The van der Waals surface area contributed by atoms with Gasteiger partial charge in [-0.1, -0.05) is 47.1 Å². The van der Waals surface area contributed by atoms with Crippen LogP contribution in [0.5, 0.6) is 0 Å². The number of amides is 1. The lowest BCUT2D eigenvalue weighted by Crippen LogP contribution is -2.14. The number of aryl methyl sites for hydroxylation is 1. The van der Waals surface area contributed by atoms with Crippen LogP contribution in [0, 0.1) is 6.92 Å². The number of nitrogens with one attached hydrogen (secondary N) is 1. The average molecular weight is 452 g/mol. The number of anilines is 1. The van der Waals surface area contributed by atoms with Gasteiger partial charge in [0, 0.05) is 22.8 Å². The van der Waals surface area contributed by atoms with Crippen molar-refractivity contribution in [3.05, 3.63) is 57.5 Å². The highest BCUT2D eigenvalue weighted by Crippen LogP contribution is 2.26. The summed E-state index contributed by atoms with van der Waals surface area (Å²) in [5, 5.41) is 12.6. The third kappa shape index (κ3) is 4.47. The molecule has 0 atom stereocenters. The minimum Gasteiger partial charge on any atom is -0.325 e. The summed E-state index contributed by atoms with van der Waals surface area (Å²) in [5.74, 6) is 0.891. The Morgan fingerprint density at radius 1 is 1.27 bits per heavy atom. The molecule has 0 radical (unpaired) electrons. The average Bonchev–Trinajstić information content (AvgIpc) is 2.97. The highest BCUT2D eigenvalue weighted by atomic mass is 79.9. The maximum Gasteiger partial charge on any atom is 0.234 e. The molecule has 0 fully saturated rings. The van der Waals surface area contributed by atoms with Crippen LogP contribution in [0.1, 0.15) is 5.56 Å². The summed E-state index contributed by atoms with van der Waals surface area (Å²) < 4.78 is 2.63. The molecule has 26 heavy (non-hydrogen) atoms. The van der Waals surface area contributed by atoms with Gasteiger partial charge < -0.3 is 9.88 Å². The lowest BCUT2D eigenvalue weighted by atomic mass is 10.1. The standard InChI is InChI=1S/C18H16BrClN4OS/c1-11-4-3-5-12(8-11)17-22-23-18(24(17)2)26-10-16(25)21-13-6-7-15(20)14(19)9-13/h3-9H,10H2,1-2H3,(H,21,25). The van der Waals surface area contributed by atoms with Gasteiger partial charge in [-0.15, -0.1) is 10.2 Å². The van der Waals surface area contributed by atoms with Crippen molar-refractivity contribution in [2.24, 2.45) is 7.05 Å². The Labute approximate surface area is 169 Å². The molecule has 3 aromatic rings. The number of thioether (sulfide) groups is 1. The predicted octanol–water partition coefficient (Wildman–Crippen LogP) is 4.94. The van der Waals surface area contributed by atoms with Crippen LogP contribution in [0.2, 0.25) is 5.02 Å². The molecule has 5 nitrogen and oxygen atoms in total. The van der Waals surface area contributed by atoms with E-state index < -0.39 is 0 Å². The van der Waals surface area contributed by atoms with E-state index >= 15 is 0 Å². The maximum absolute atomic E-state index is 12.2. The van der Waals surface area contributed by atoms with Crippen LogP contribution in [-0.4, -0.2) is 26.4 Å². The van der Waals surface area contributed by atoms with Crippen molar-refractivity contribution in [3.63, 3.8) is 0 Å². The van der Waals surface area contributed by atoms with Gasteiger partial charge in [-0.05, 0) is 47.1 Å². The van der Waals surface area contributed by atoms with Crippen molar-refractivity contribution < 1.29 is 4.79 Å². The molecule has 1 heterocycles. The van der Waals surface area contributed by atoms with E-state index in [1.807, 2.05) is 36.7 Å². The first kappa shape index (κ1) is 18.9. The topological polar surface area (TPSA) is 59.8 Å². The Bertz CT molecular complexity index is 960. The summed E-state index contributed by atoms with van der Waals surface area (Å²) in [6.45, 7) is 2.04. The number of aromatic nitrogens is 3. The first-order valence-electron chi connectivity index (χ1n) is 7.78. The number of halogens is 2. The summed E-state index contributed by atoms with van der Waals surface area (Å²) >= 11 is 10.6. The fourth-order valence-corrected chi connectivity index (χ4v) is 3.58. The smallest absolute Gasteiger partial charge is 0.234 e. The van der Waals surface area contributed by atoms with Crippen molar-refractivity contribution >= 4 is 50.9 Å². The molecule has 0 saturated carbocycles. The molecule has 1 amide bonds. The number of nitrogens with zero attached hydrogens (tertiary/aromatic N) is 3. The first-order chi connectivity index (χ1) is 12.4. The Hall–Kier alpha value is -1.83. The first-order valence-corrected chi connectivity index (χ1v) is 9.94. The molecule has 0 unspecified atom stereocenters. The second kappa shape index (κ2) is 8.24. The van der Waals surface area contributed by atoms with E-state index in [-0.39, 0.29) is 11.7 Å². The van der Waals surface area contributed by atoms with Crippen molar-refractivity contribution in [1.29, 1.82) is 0 Å². The Kier molecular flexibility index (Phi) is 6.01. The van der Waals surface area contributed by atoms with Gasteiger partial charge in [-0.3, -0.25) is 4.79 Å².